The van der Waals surface area contributed by atoms with Gasteiger partial charge in [0.15, 0.2) is 0 Å². The van der Waals surface area contributed by atoms with E-state index in [1.165, 1.54) is 6.42 Å². The highest BCUT2D eigenvalue weighted by atomic mass is 16.5. The second-order valence-corrected chi connectivity index (χ2v) is 6.21. The third kappa shape index (κ3) is 1.84. The molecule has 0 spiro atoms. The summed E-state index contributed by atoms with van der Waals surface area (Å²) < 4.78 is 5.45. The number of hydrogen-bond acceptors (Lipinski definition) is 3. The van der Waals surface area contributed by atoms with E-state index in [-0.39, 0.29) is 16.9 Å². The highest BCUT2D eigenvalue weighted by molar-refractivity contribution is 5.90. The molecule has 0 saturated heterocycles. The maximum absolute atomic E-state index is 11.6. The quantitative estimate of drug-likeness (QED) is 0.618. The van der Waals surface area contributed by atoms with Crippen molar-refractivity contribution in [3.63, 3.8) is 0 Å². The van der Waals surface area contributed by atoms with E-state index in [1.54, 1.807) is 0 Å². The predicted molar refractivity (Wildman–Crippen MR) is 65.9 cm³/mol. The van der Waals surface area contributed by atoms with Gasteiger partial charge in [0.1, 0.15) is 6.10 Å². The molecule has 3 unspecified atom stereocenters. The number of fused-ring (bicyclic) bond motifs is 2. The first-order valence-electron chi connectivity index (χ1n) is 6.39. The van der Waals surface area contributed by atoms with Crippen LogP contribution < -0.4 is 0 Å². The molecule has 3 atom stereocenters. The molecule has 2 bridgehead atoms. The Morgan fingerprint density at radius 2 is 1.94 bits per heavy atom. The average molecular weight is 252 g/mol. The second-order valence-electron chi connectivity index (χ2n) is 6.21. The standard InChI is InChI=1S/C14H20O4/c1-13(2)9-6-7-14(13,3)10(8-9)18-12(17)5-4-11(15)16/h4-5,9-10H,6-8H2,1-3H3,(H,15,16)/b5-4-. The zero-order chi connectivity index (χ0) is 13.6. The zero-order valence-electron chi connectivity index (χ0n) is 11.1. The van der Waals surface area contributed by atoms with E-state index in [2.05, 4.69) is 20.8 Å². The van der Waals surface area contributed by atoms with Gasteiger partial charge >= 0.3 is 11.9 Å². The summed E-state index contributed by atoms with van der Waals surface area (Å²) in [6, 6.07) is 0. The summed E-state index contributed by atoms with van der Waals surface area (Å²) in [4.78, 5) is 21.9. The van der Waals surface area contributed by atoms with Crippen LogP contribution in [0.1, 0.15) is 40.0 Å². The van der Waals surface area contributed by atoms with Crippen molar-refractivity contribution < 1.29 is 19.4 Å². The van der Waals surface area contributed by atoms with Gasteiger partial charge in [0.05, 0.1) is 0 Å². The average Bonchev–Trinajstić information content (AvgIpc) is 2.59. The molecular formula is C14H20O4. The molecule has 2 saturated carbocycles. The van der Waals surface area contributed by atoms with Crippen molar-refractivity contribution >= 4 is 11.9 Å². The fraction of sp³-hybridized carbons (Fsp3) is 0.714. The Kier molecular flexibility index (Phi) is 2.99. The van der Waals surface area contributed by atoms with Crippen molar-refractivity contribution in [2.24, 2.45) is 16.7 Å². The Hall–Kier alpha value is -1.32. The van der Waals surface area contributed by atoms with Crippen LogP contribution in [0.5, 0.6) is 0 Å². The molecule has 0 heterocycles. The number of carboxylic acid groups (broad SMARTS) is 1. The molecule has 2 fully saturated rings. The summed E-state index contributed by atoms with van der Waals surface area (Å²) in [5, 5.41) is 8.47. The SMILES string of the molecule is CC1(C)C2CCC1(C)C(OC(=O)/C=C\C(=O)O)C2. The van der Waals surface area contributed by atoms with Crippen LogP contribution in [0.25, 0.3) is 0 Å². The lowest BCUT2D eigenvalue weighted by Crippen LogP contribution is -2.38. The Morgan fingerprint density at radius 3 is 2.39 bits per heavy atom. The van der Waals surface area contributed by atoms with Gasteiger partial charge in [0, 0.05) is 17.6 Å². The minimum Gasteiger partial charge on any atom is -0.478 e. The maximum atomic E-state index is 11.6. The molecular weight excluding hydrogens is 232 g/mol. The van der Waals surface area contributed by atoms with E-state index in [4.69, 9.17) is 9.84 Å². The Bertz CT molecular complexity index is 410. The molecule has 18 heavy (non-hydrogen) atoms. The molecule has 2 aliphatic rings. The third-order valence-electron chi connectivity index (χ3n) is 5.33. The van der Waals surface area contributed by atoms with Crippen LogP contribution in [0, 0.1) is 16.7 Å². The predicted octanol–water partition coefficient (Wildman–Crippen LogP) is 2.39. The topological polar surface area (TPSA) is 63.6 Å². The van der Waals surface area contributed by atoms with Gasteiger partial charge in [-0.2, -0.15) is 0 Å². The summed E-state index contributed by atoms with van der Waals surface area (Å²) in [5.74, 6) is -1.08. The summed E-state index contributed by atoms with van der Waals surface area (Å²) in [7, 11) is 0. The van der Waals surface area contributed by atoms with Crippen LogP contribution in [0.4, 0.5) is 0 Å². The summed E-state index contributed by atoms with van der Waals surface area (Å²) in [6.07, 6.45) is 4.90. The summed E-state index contributed by atoms with van der Waals surface area (Å²) >= 11 is 0. The van der Waals surface area contributed by atoms with Crippen molar-refractivity contribution in [2.75, 3.05) is 0 Å². The van der Waals surface area contributed by atoms with Crippen LogP contribution in [-0.4, -0.2) is 23.1 Å². The smallest absolute Gasteiger partial charge is 0.331 e. The minimum absolute atomic E-state index is 0.0182. The van der Waals surface area contributed by atoms with E-state index < -0.39 is 11.9 Å². The lowest BCUT2D eigenvalue weighted by Gasteiger charge is -2.38. The lowest BCUT2D eigenvalue weighted by atomic mass is 9.70. The first-order valence-corrected chi connectivity index (χ1v) is 6.39. The number of aliphatic carboxylic acids is 1. The van der Waals surface area contributed by atoms with Gasteiger partial charge in [-0.25, -0.2) is 9.59 Å². The lowest BCUT2D eigenvalue weighted by molar-refractivity contribution is -0.151. The fourth-order valence-corrected chi connectivity index (χ4v) is 3.63. The number of carboxylic acids is 1. The first-order chi connectivity index (χ1) is 8.27. The van der Waals surface area contributed by atoms with Crippen molar-refractivity contribution in [3.8, 4) is 0 Å². The molecule has 2 aliphatic carbocycles. The van der Waals surface area contributed by atoms with Gasteiger partial charge in [0.25, 0.3) is 0 Å². The van der Waals surface area contributed by atoms with Crippen molar-refractivity contribution in [2.45, 2.75) is 46.1 Å². The molecule has 2 rings (SSSR count). The molecule has 0 aromatic heterocycles. The van der Waals surface area contributed by atoms with E-state index >= 15 is 0 Å². The Morgan fingerprint density at radius 1 is 1.28 bits per heavy atom. The number of rotatable bonds is 3. The van der Waals surface area contributed by atoms with Crippen LogP contribution in [0.15, 0.2) is 12.2 Å². The molecule has 4 nitrogen and oxygen atoms in total. The molecule has 0 amide bonds. The highest BCUT2D eigenvalue weighted by Crippen LogP contribution is 2.66. The van der Waals surface area contributed by atoms with Gasteiger partial charge in [-0.3, -0.25) is 0 Å². The normalized spacial score (nSPS) is 37.1. The van der Waals surface area contributed by atoms with Crippen molar-refractivity contribution in [3.05, 3.63) is 12.2 Å². The van der Waals surface area contributed by atoms with Gasteiger partial charge in [0.2, 0.25) is 0 Å². The zero-order valence-corrected chi connectivity index (χ0v) is 11.1. The number of ether oxygens (including phenoxy) is 1. The van der Waals surface area contributed by atoms with Crippen LogP contribution in [0.2, 0.25) is 0 Å². The number of carbonyl (C=O) groups excluding carboxylic acids is 1. The Balaban J connectivity index is 2.05. The molecule has 0 radical (unpaired) electrons. The number of esters is 1. The van der Waals surface area contributed by atoms with Gasteiger partial charge in [-0.15, -0.1) is 0 Å². The summed E-state index contributed by atoms with van der Waals surface area (Å²) in [6.45, 7) is 6.66. The van der Waals surface area contributed by atoms with Gasteiger partial charge < -0.3 is 9.84 Å². The second kappa shape index (κ2) is 4.11. The van der Waals surface area contributed by atoms with E-state index in [9.17, 15) is 9.59 Å². The van der Waals surface area contributed by atoms with E-state index in [1.807, 2.05) is 0 Å². The maximum Gasteiger partial charge on any atom is 0.331 e. The molecule has 0 aliphatic heterocycles. The first kappa shape index (κ1) is 13.1. The summed E-state index contributed by atoms with van der Waals surface area (Å²) in [5.41, 5.74) is 0.207. The number of hydrogen-bond donors (Lipinski definition) is 1. The van der Waals surface area contributed by atoms with Crippen molar-refractivity contribution in [1.82, 2.24) is 0 Å². The molecule has 4 heteroatoms. The van der Waals surface area contributed by atoms with Gasteiger partial charge in [-0.1, -0.05) is 20.8 Å². The highest BCUT2D eigenvalue weighted by Gasteiger charge is 2.62. The van der Waals surface area contributed by atoms with Crippen LogP contribution in [-0.2, 0) is 14.3 Å². The molecule has 0 aromatic carbocycles. The van der Waals surface area contributed by atoms with Crippen LogP contribution in [0.3, 0.4) is 0 Å². The Labute approximate surface area is 107 Å². The van der Waals surface area contributed by atoms with E-state index in [0.717, 1.165) is 25.0 Å². The third-order valence-corrected chi connectivity index (χ3v) is 5.33. The minimum atomic E-state index is -1.13. The monoisotopic (exact) mass is 252 g/mol. The van der Waals surface area contributed by atoms with E-state index in [0.29, 0.717) is 5.92 Å². The van der Waals surface area contributed by atoms with Crippen molar-refractivity contribution in [1.29, 1.82) is 0 Å². The van der Waals surface area contributed by atoms with Crippen LogP contribution >= 0.6 is 0 Å². The molecule has 100 valence electrons. The largest absolute Gasteiger partial charge is 0.478 e. The molecule has 1 N–H and O–H groups in total. The fourth-order valence-electron chi connectivity index (χ4n) is 3.63. The molecule has 0 aromatic rings. The van der Waals surface area contributed by atoms with Gasteiger partial charge in [-0.05, 0) is 30.6 Å². The number of carbonyl (C=O) groups is 2.